The Morgan fingerprint density at radius 3 is 2.66 bits per heavy atom. The van der Waals surface area contributed by atoms with Gasteiger partial charge in [0.05, 0.1) is 5.56 Å². The van der Waals surface area contributed by atoms with Gasteiger partial charge < -0.3 is 15.4 Å². The molecular weight excluding hydrogens is 430 g/mol. The van der Waals surface area contributed by atoms with Crippen LogP contribution in [0.5, 0.6) is 5.75 Å². The lowest BCUT2D eigenvalue weighted by atomic mass is 10.1. The first-order valence-corrected chi connectivity index (χ1v) is 10.5. The number of hydrogen-bond acceptors (Lipinski definition) is 7. The molecule has 0 saturated carbocycles. The van der Waals surface area contributed by atoms with Crippen molar-refractivity contribution in [2.24, 2.45) is 0 Å². The van der Waals surface area contributed by atoms with Gasteiger partial charge in [0.25, 0.3) is 11.8 Å². The van der Waals surface area contributed by atoms with E-state index in [2.05, 4.69) is 25.9 Å². The Morgan fingerprint density at radius 2 is 1.94 bits per heavy atom. The van der Waals surface area contributed by atoms with Crippen molar-refractivity contribution in [2.75, 3.05) is 7.05 Å². The molecule has 1 aliphatic heterocycles. The fourth-order valence-electron chi connectivity index (χ4n) is 3.07. The van der Waals surface area contributed by atoms with E-state index in [1.807, 2.05) is 24.3 Å². The summed E-state index contributed by atoms with van der Waals surface area (Å²) in [5.74, 6) is 0.0616. The fraction of sp³-hybridized carbons (Fsp3) is 0.136. The van der Waals surface area contributed by atoms with Crippen LogP contribution in [0.15, 0.2) is 71.0 Å². The van der Waals surface area contributed by atoms with Crippen molar-refractivity contribution in [3.05, 3.63) is 77.9 Å². The smallest absolute Gasteiger partial charge is 0.322 e. The SMILES string of the molecule is CNC(=O)c1cncc(COc2ccc(Sc3ccncc3C3NC(=O)NC3=O)cc2)c1. The molecule has 1 atom stereocenters. The van der Waals surface area contributed by atoms with Crippen molar-refractivity contribution < 1.29 is 19.1 Å². The van der Waals surface area contributed by atoms with Gasteiger partial charge in [0.2, 0.25) is 0 Å². The number of ether oxygens (including phenoxy) is 1. The maximum atomic E-state index is 12.0. The Labute approximate surface area is 188 Å². The maximum absolute atomic E-state index is 12.0. The van der Waals surface area contributed by atoms with E-state index < -0.39 is 18.0 Å². The normalized spacial score (nSPS) is 15.1. The van der Waals surface area contributed by atoms with Crippen molar-refractivity contribution in [3.63, 3.8) is 0 Å². The number of urea groups is 1. The fourth-order valence-corrected chi connectivity index (χ4v) is 4.02. The molecule has 2 aromatic heterocycles. The number of carbonyl (C=O) groups excluding carboxylic acids is 3. The van der Waals surface area contributed by atoms with Crippen molar-refractivity contribution in [1.29, 1.82) is 0 Å². The standard InChI is InChI=1S/C22H19N5O4S/c1-23-20(28)14-8-13(9-25-10-14)12-31-15-2-4-16(5-3-15)32-18-6-7-24-11-17(18)19-21(29)27-22(30)26-19/h2-11,19H,12H2,1H3,(H,23,28)(H2,26,27,29,30). The molecule has 0 bridgehead atoms. The van der Waals surface area contributed by atoms with Gasteiger partial charge in [-0.3, -0.25) is 24.9 Å². The second-order valence-electron chi connectivity index (χ2n) is 6.83. The average Bonchev–Trinajstić information content (AvgIpc) is 3.16. The van der Waals surface area contributed by atoms with Crippen molar-refractivity contribution in [1.82, 2.24) is 25.9 Å². The molecule has 1 fully saturated rings. The van der Waals surface area contributed by atoms with Gasteiger partial charge in [-0.05, 0) is 36.4 Å². The zero-order valence-electron chi connectivity index (χ0n) is 17.0. The van der Waals surface area contributed by atoms with Gasteiger partial charge in [-0.25, -0.2) is 4.79 Å². The van der Waals surface area contributed by atoms with Crippen LogP contribution in [-0.4, -0.2) is 34.9 Å². The topological polar surface area (TPSA) is 122 Å². The van der Waals surface area contributed by atoms with Gasteiger partial charge in [0, 0.05) is 52.8 Å². The first-order chi connectivity index (χ1) is 15.5. The molecule has 32 heavy (non-hydrogen) atoms. The number of amides is 4. The molecule has 0 spiro atoms. The second-order valence-corrected chi connectivity index (χ2v) is 7.95. The number of pyridine rings is 2. The Kier molecular flexibility index (Phi) is 6.31. The van der Waals surface area contributed by atoms with E-state index in [1.54, 1.807) is 37.8 Å². The summed E-state index contributed by atoms with van der Waals surface area (Å²) in [5.41, 5.74) is 1.88. The third-order valence-electron chi connectivity index (χ3n) is 4.64. The summed E-state index contributed by atoms with van der Waals surface area (Å²) < 4.78 is 5.81. The lowest BCUT2D eigenvalue weighted by Gasteiger charge is -2.13. The number of carbonyl (C=O) groups is 3. The van der Waals surface area contributed by atoms with Crippen LogP contribution in [0.3, 0.4) is 0 Å². The predicted octanol–water partition coefficient (Wildman–Crippen LogP) is 2.45. The van der Waals surface area contributed by atoms with E-state index in [1.165, 1.54) is 18.0 Å². The number of nitrogens with one attached hydrogen (secondary N) is 3. The molecule has 4 amide bonds. The molecular formula is C22H19N5O4S. The minimum atomic E-state index is -0.763. The second kappa shape index (κ2) is 9.48. The summed E-state index contributed by atoms with van der Waals surface area (Å²) in [6, 6.07) is 9.73. The van der Waals surface area contributed by atoms with Gasteiger partial charge >= 0.3 is 6.03 Å². The minimum Gasteiger partial charge on any atom is -0.489 e. The average molecular weight is 449 g/mol. The molecule has 0 aliphatic carbocycles. The number of benzene rings is 1. The third kappa shape index (κ3) is 4.86. The van der Waals surface area contributed by atoms with Gasteiger partial charge in [-0.1, -0.05) is 11.8 Å². The molecule has 3 aromatic rings. The first-order valence-electron chi connectivity index (χ1n) is 9.65. The summed E-state index contributed by atoms with van der Waals surface area (Å²) in [6.45, 7) is 0.273. The Bertz CT molecular complexity index is 1170. The highest BCUT2D eigenvalue weighted by Crippen LogP contribution is 2.34. The van der Waals surface area contributed by atoms with Crippen LogP contribution in [0, 0.1) is 0 Å². The Morgan fingerprint density at radius 1 is 1.12 bits per heavy atom. The number of imide groups is 1. The van der Waals surface area contributed by atoms with Gasteiger partial charge in [-0.2, -0.15) is 0 Å². The zero-order valence-corrected chi connectivity index (χ0v) is 17.8. The van der Waals surface area contributed by atoms with Crippen LogP contribution in [-0.2, 0) is 11.4 Å². The Hall–Kier alpha value is -3.92. The summed E-state index contributed by atoms with van der Waals surface area (Å²) in [7, 11) is 1.57. The summed E-state index contributed by atoms with van der Waals surface area (Å²) in [5, 5.41) is 7.40. The van der Waals surface area contributed by atoms with E-state index in [0.29, 0.717) is 16.9 Å². The molecule has 10 heteroatoms. The first kappa shape index (κ1) is 21.3. The molecule has 162 valence electrons. The molecule has 1 saturated heterocycles. The van der Waals surface area contributed by atoms with Crippen LogP contribution < -0.4 is 20.7 Å². The molecule has 3 heterocycles. The third-order valence-corrected chi connectivity index (χ3v) is 5.74. The van der Waals surface area contributed by atoms with E-state index >= 15 is 0 Å². The van der Waals surface area contributed by atoms with E-state index in [9.17, 15) is 14.4 Å². The van der Waals surface area contributed by atoms with Crippen LogP contribution in [0.1, 0.15) is 27.5 Å². The molecule has 9 nitrogen and oxygen atoms in total. The molecule has 1 aliphatic rings. The molecule has 3 N–H and O–H groups in total. The lowest BCUT2D eigenvalue weighted by molar-refractivity contribution is -0.120. The van der Waals surface area contributed by atoms with E-state index in [4.69, 9.17) is 4.74 Å². The summed E-state index contributed by atoms with van der Waals surface area (Å²) >= 11 is 1.45. The van der Waals surface area contributed by atoms with Gasteiger partial charge in [0.15, 0.2) is 0 Å². The number of rotatable bonds is 7. The predicted molar refractivity (Wildman–Crippen MR) is 116 cm³/mol. The van der Waals surface area contributed by atoms with Gasteiger partial charge in [-0.15, -0.1) is 0 Å². The maximum Gasteiger partial charge on any atom is 0.322 e. The zero-order chi connectivity index (χ0) is 22.5. The van der Waals surface area contributed by atoms with Crippen LogP contribution >= 0.6 is 11.8 Å². The highest BCUT2D eigenvalue weighted by atomic mass is 32.2. The van der Waals surface area contributed by atoms with Crippen LogP contribution in [0.25, 0.3) is 0 Å². The van der Waals surface area contributed by atoms with Gasteiger partial charge in [0.1, 0.15) is 18.4 Å². The van der Waals surface area contributed by atoms with Crippen molar-refractivity contribution in [2.45, 2.75) is 22.4 Å². The largest absolute Gasteiger partial charge is 0.489 e. The molecule has 1 aromatic carbocycles. The van der Waals surface area contributed by atoms with E-state index in [0.717, 1.165) is 15.4 Å². The number of nitrogens with zero attached hydrogens (tertiary/aromatic N) is 2. The quantitative estimate of drug-likeness (QED) is 0.474. The molecule has 1 unspecified atom stereocenters. The summed E-state index contributed by atoms with van der Waals surface area (Å²) in [6.07, 6.45) is 6.37. The minimum absolute atomic E-state index is 0.203. The molecule has 4 rings (SSSR count). The monoisotopic (exact) mass is 449 g/mol. The summed E-state index contributed by atoms with van der Waals surface area (Å²) in [4.78, 5) is 45.1. The number of aromatic nitrogens is 2. The van der Waals surface area contributed by atoms with Crippen molar-refractivity contribution in [3.8, 4) is 5.75 Å². The van der Waals surface area contributed by atoms with Crippen LogP contribution in [0.4, 0.5) is 4.79 Å². The number of hydrogen-bond donors (Lipinski definition) is 3. The van der Waals surface area contributed by atoms with Crippen LogP contribution in [0.2, 0.25) is 0 Å². The Balaban J connectivity index is 1.42. The van der Waals surface area contributed by atoms with E-state index in [-0.39, 0.29) is 12.5 Å². The lowest BCUT2D eigenvalue weighted by Crippen LogP contribution is -2.22. The highest BCUT2D eigenvalue weighted by molar-refractivity contribution is 7.99. The highest BCUT2D eigenvalue weighted by Gasteiger charge is 2.32. The molecule has 0 radical (unpaired) electrons. The van der Waals surface area contributed by atoms with Crippen molar-refractivity contribution >= 4 is 29.6 Å².